The van der Waals surface area contributed by atoms with Crippen molar-refractivity contribution in [1.82, 2.24) is 0 Å². The lowest BCUT2D eigenvalue weighted by Gasteiger charge is -2.19. The van der Waals surface area contributed by atoms with Crippen LogP contribution in [0.1, 0.15) is 0 Å². The summed E-state index contributed by atoms with van der Waals surface area (Å²) in [6.45, 7) is 0. The van der Waals surface area contributed by atoms with Crippen molar-refractivity contribution >= 4 is 77.8 Å². The van der Waals surface area contributed by atoms with Gasteiger partial charge in [0.2, 0.25) is 0 Å². The first-order chi connectivity index (χ1) is 14.7. The summed E-state index contributed by atoms with van der Waals surface area (Å²) in [5, 5.41) is 2.76. The van der Waals surface area contributed by atoms with Crippen LogP contribution in [0.15, 0.2) is 65.6 Å². The average molecular weight is 668 g/mol. The summed E-state index contributed by atoms with van der Waals surface area (Å²) in [7, 11) is 1.29. The molecule has 4 aromatic rings. The van der Waals surface area contributed by atoms with Crippen molar-refractivity contribution in [3.63, 3.8) is 0 Å². The lowest BCUT2D eigenvalue weighted by atomic mass is 9.93. The predicted molar refractivity (Wildman–Crippen MR) is 132 cm³/mol. The summed E-state index contributed by atoms with van der Waals surface area (Å²) in [6, 6.07) is 17.3. The Labute approximate surface area is 205 Å². The minimum absolute atomic E-state index is 0.221. The van der Waals surface area contributed by atoms with Crippen LogP contribution in [0.4, 0.5) is 13.2 Å². The van der Waals surface area contributed by atoms with Crippen LogP contribution in [0.25, 0.3) is 32.7 Å². The van der Waals surface area contributed by atoms with Crippen LogP contribution < -0.4 is 4.74 Å². The number of benzene rings is 4. The van der Waals surface area contributed by atoms with E-state index in [1.54, 1.807) is 24.3 Å². The molecule has 1 atom stereocenters. The number of halogens is 5. The first-order valence-corrected chi connectivity index (χ1v) is 12.1. The van der Waals surface area contributed by atoms with Gasteiger partial charge in [-0.15, -0.1) is 13.2 Å². The zero-order valence-electron chi connectivity index (χ0n) is 15.8. The van der Waals surface area contributed by atoms with Gasteiger partial charge < -0.3 is 4.74 Å². The topological polar surface area (TPSA) is 35.5 Å². The summed E-state index contributed by atoms with van der Waals surface area (Å²) >= 11 is 2.43. The first-order valence-electron chi connectivity index (χ1n) is 8.85. The van der Waals surface area contributed by atoms with E-state index in [1.165, 1.54) is 13.2 Å². The highest BCUT2D eigenvalue weighted by Crippen LogP contribution is 2.45. The molecule has 4 aromatic carbocycles. The van der Waals surface area contributed by atoms with Crippen LogP contribution in [0.3, 0.4) is 0 Å². The molecule has 31 heavy (non-hydrogen) atoms. The Hall–Kier alpha value is -1.44. The summed E-state index contributed by atoms with van der Waals surface area (Å²) in [6.07, 6.45) is -4.88. The second-order valence-electron chi connectivity index (χ2n) is 6.56. The van der Waals surface area contributed by atoms with Gasteiger partial charge in [0.25, 0.3) is 0 Å². The molecule has 0 aliphatic heterocycles. The van der Waals surface area contributed by atoms with Crippen molar-refractivity contribution in [2.24, 2.45) is 0 Å². The molecule has 9 heteroatoms. The van der Waals surface area contributed by atoms with Crippen LogP contribution in [0.2, 0.25) is 0 Å². The van der Waals surface area contributed by atoms with Crippen LogP contribution >= 0.6 is 45.2 Å². The molecule has 0 radical (unpaired) electrons. The minimum atomic E-state index is -4.88. The van der Waals surface area contributed by atoms with Crippen LogP contribution in [0, 0.1) is 7.14 Å². The van der Waals surface area contributed by atoms with Crippen LogP contribution in [-0.4, -0.2) is 17.7 Å². The van der Waals surface area contributed by atoms with Crippen LogP contribution in [-0.2, 0) is 15.3 Å². The molecule has 0 amide bonds. The van der Waals surface area contributed by atoms with Crippen molar-refractivity contribution in [2.75, 3.05) is 7.11 Å². The Morgan fingerprint density at radius 3 is 1.90 bits per heavy atom. The second kappa shape index (κ2) is 8.83. The maximum absolute atomic E-state index is 13.3. The van der Waals surface area contributed by atoms with Gasteiger partial charge in [0, 0.05) is 18.3 Å². The third-order valence-corrected chi connectivity index (χ3v) is 7.04. The van der Waals surface area contributed by atoms with Crippen molar-refractivity contribution in [1.29, 1.82) is 0 Å². The molecule has 160 valence electrons. The van der Waals surface area contributed by atoms with Crippen LogP contribution in [0.5, 0.6) is 5.75 Å². The number of rotatable bonds is 4. The van der Waals surface area contributed by atoms with Crippen molar-refractivity contribution in [3.8, 4) is 16.9 Å². The Morgan fingerprint density at radius 2 is 1.35 bits per heavy atom. The highest BCUT2D eigenvalue weighted by atomic mass is 127. The molecule has 0 spiro atoms. The van der Waals surface area contributed by atoms with E-state index >= 15 is 0 Å². The average Bonchev–Trinajstić information content (AvgIpc) is 2.71. The second-order valence-corrected chi connectivity index (χ2v) is 10.3. The van der Waals surface area contributed by atoms with Gasteiger partial charge in [-0.25, -0.2) is 4.21 Å². The number of hydrogen-bond donors (Lipinski definition) is 0. The Balaban J connectivity index is 2.19. The van der Waals surface area contributed by atoms with E-state index in [4.69, 9.17) is 4.18 Å². The molecule has 0 saturated carbocycles. The molecule has 0 saturated heterocycles. The van der Waals surface area contributed by atoms with Gasteiger partial charge in [0.15, 0.2) is 11.1 Å². The number of alkyl halides is 3. The fourth-order valence-corrected chi connectivity index (χ4v) is 5.28. The minimum Gasteiger partial charge on any atom is -0.405 e. The van der Waals surface area contributed by atoms with Gasteiger partial charge >= 0.3 is 6.36 Å². The fraction of sp³-hybridized carbons (Fsp3) is 0.0909. The third kappa shape index (κ3) is 4.69. The van der Waals surface area contributed by atoms with Gasteiger partial charge in [-0.1, -0.05) is 24.3 Å². The molecule has 0 heterocycles. The van der Waals surface area contributed by atoms with Gasteiger partial charge in [-0.3, -0.25) is 4.18 Å². The van der Waals surface area contributed by atoms with Crippen molar-refractivity contribution < 1.29 is 26.3 Å². The normalized spacial score (nSPS) is 13.0. The number of hydrogen-bond acceptors (Lipinski definition) is 3. The zero-order valence-corrected chi connectivity index (χ0v) is 20.9. The standard InChI is InChI=1S/C22H13F3I2O3S/c1-29-31(28)19-9-3-13-11-15(27)5-7-17(13)21(19)20-16-6-4-14(26)10-12(16)2-8-18(20)30-22(23,24)25/h2-11H,1H3. The Morgan fingerprint density at radius 1 is 0.806 bits per heavy atom. The smallest absolute Gasteiger partial charge is 0.405 e. The molecule has 0 aliphatic carbocycles. The molecule has 3 nitrogen and oxygen atoms in total. The van der Waals surface area contributed by atoms with E-state index in [-0.39, 0.29) is 16.2 Å². The molecule has 0 N–H and O–H groups in total. The summed E-state index contributed by atoms with van der Waals surface area (Å²) in [5.74, 6) is -0.360. The first kappa shape index (κ1) is 22.7. The predicted octanol–water partition coefficient (Wildman–Crippen LogP) is 7.44. The molecule has 0 aliphatic rings. The van der Waals surface area contributed by atoms with E-state index in [2.05, 4.69) is 49.9 Å². The zero-order chi connectivity index (χ0) is 22.3. The van der Waals surface area contributed by atoms with E-state index in [0.717, 1.165) is 17.9 Å². The van der Waals surface area contributed by atoms with Gasteiger partial charge in [-0.2, -0.15) is 0 Å². The summed E-state index contributed by atoms with van der Waals surface area (Å²) in [4.78, 5) is 0.272. The molecule has 0 aromatic heterocycles. The molecule has 0 bridgehead atoms. The number of fused-ring (bicyclic) bond motifs is 2. The monoisotopic (exact) mass is 668 g/mol. The summed E-state index contributed by atoms with van der Waals surface area (Å²) in [5.41, 5.74) is 0.610. The van der Waals surface area contributed by atoms with Crippen molar-refractivity contribution in [3.05, 3.63) is 67.8 Å². The lowest BCUT2D eigenvalue weighted by molar-refractivity contribution is -0.274. The van der Waals surface area contributed by atoms with E-state index in [9.17, 15) is 17.4 Å². The fourth-order valence-electron chi connectivity index (χ4n) is 3.52. The third-order valence-electron chi connectivity index (χ3n) is 4.69. The van der Waals surface area contributed by atoms with Gasteiger partial charge in [-0.05, 0) is 103 Å². The highest BCUT2D eigenvalue weighted by molar-refractivity contribution is 14.1. The number of ether oxygens (including phenoxy) is 1. The van der Waals surface area contributed by atoms with E-state index in [0.29, 0.717) is 16.3 Å². The quantitative estimate of drug-likeness (QED) is 0.212. The van der Waals surface area contributed by atoms with E-state index in [1.807, 2.05) is 30.3 Å². The Kier molecular flexibility index (Phi) is 6.48. The maximum atomic E-state index is 13.3. The Bertz CT molecular complexity index is 1340. The molecular weight excluding hydrogens is 655 g/mol. The maximum Gasteiger partial charge on any atom is 0.573 e. The lowest BCUT2D eigenvalue weighted by Crippen LogP contribution is -2.18. The molecule has 1 unspecified atom stereocenters. The molecular formula is C22H13F3I2O3S. The van der Waals surface area contributed by atoms with Crippen molar-refractivity contribution in [2.45, 2.75) is 11.3 Å². The summed E-state index contributed by atoms with van der Waals surface area (Å²) < 4.78 is 64.0. The van der Waals surface area contributed by atoms with Gasteiger partial charge in [0.05, 0.1) is 12.0 Å². The molecule has 0 fully saturated rings. The van der Waals surface area contributed by atoms with Gasteiger partial charge in [0.1, 0.15) is 5.75 Å². The van der Waals surface area contributed by atoms with E-state index < -0.39 is 17.4 Å². The SMILES string of the molecule is COS(=O)c1ccc2cc(I)ccc2c1-c1c(OC(F)(F)F)ccc2cc(I)ccc12. The molecule has 4 rings (SSSR count). The highest BCUT2D eigenvalue weighted by Gasteiger charge is 2.33. The largest absolute Gasteiger partial charge is 0.573 e.